The normalized spacial score (nSPS) is 20.1. The van der Waals surface area contributed by atoms with Crippen molar-refractivity contribution in [2.75, 3.05) is 32.1 Å². The number of anilines is 1. The predicted octanol–water partition coefficient (Wildman–Crippen LogP) is 2.48. The zero-order chi connectivity index (χ0) is 22.4. The molecular weight excluding hydrogens is 408 g/mol. The molecule has 1 aromatic carbocycles. The van der Waals surface area contributed by atoms with Crippen molar-refractivity contribution in [3.63, 3.8) is 0 Å². The number of carbonyl (C=O) groups is 2. The van der Waals surface area contributed by atoms with Crippen LogP contribution in [0.15, 0.2) is 41.2 Å². The summed E-state index contributed by atoms with van der Waals surface area (Å²) in [6.07, 6.45) is 1.04. The van der Waals surface area contributed by atoms with Crippen LogP contribution in [0.2, 0.25) is 0 Å². The first-order chi connectivity index (χ1) is 15.4. The highest BCUT2D eigenvalue weighted by atomic mass is 16.5. The number of H-pyrrole nitrogens is 1. The lowest BCUT2D eigenvalue weighted by atomic mass is 9.83. The number of aromatic nitrogens is 2. The third-order valence-electron chi connectivity index (χ3n) is 6.53. The van der Waals surface area contributed by atoms with E-state index in [0.29, 0.717) is 18.2 Å². The molecule has 166 valence electrons. The fourth-order valence-electron chi connectivity index (χ4n) is 5.20. The first-order valence-electron chi connectivity index (χ1n) is 10.9. The van der Waals surface area contributed by atoms with Crippen molar-refractivity contribution < 1.29 is 14.3 Å². The van der Waals surface area contributed by atoms with Crippen LogP contribution in [0.3, 0.4) is 0 Å². The number of esters is 1. The van der Waals surface area contributed by atoms with Crippen molar-refractivity contribution in [2.45, 2.75) is 25.8 Å². The van der Waals surface area contributed by atoms with Crippen LogP contribution in [0.1, 0.15) is 34.1 Å². The smallest absolute Gasteiger partial charge is 0.356 e. The van der Waals surface area contributed by atoms with E-state index in [2.05, 4.69) is 15.2 Å². The molecule has 2 unspecified atom stereocenters. The highest BCUT2D eigenvalue weighted by molar-refractivity contribution is 6.11. The molecule has 1 amide bonds. The number of fused-ring (bicyclic) bond motifs is 5. The van der Waals surface area contributed by atoms with Crippen LogP contribution in [0, 0.1) is 12.8 Å². The van der Waals surface area contributed by atoms with Gasteiger partial charge in [-0.2, -0.15) is 0 Å². The maximum absolute atomic E-state index is 13.0. The second kappa shape index (κ2) is 7.94. The quantitative estimate of drug-likeness (QED) is 0.615. The molecule has 1 fully saturated rings. The minimum Gasteiger partial charge on any atom is -0.464 e. The average molecular weight is 434 g/mol. The summed E-state index contributed by atoms with van der Waals surface area (Å²) in [6.45, 7) is 4.37. The SMILES string of the molecule is COC(=O)c1[nH]c2ccc(C)cc2c1NC(=O)CN1CC2CC(C1)c1cccc(=O)n1C2. The predicted molar refractivity (Wildman–Crippen MR) is 121 cm³/mol. The second-order valence-electron chi connectivity index (χ2n) is 8.86. The summed E-state index contributed by atoms with van der Waals surface area (Å²) in [5, 5.41) is 3.73. The van der Waals surface area contributed by atoms with Gasteiger partial charge in [0.15, 0.2) is 0 Å². The molecule has 2 aliphatic heterocycles. The van der Waals surface area contributed by atoms with Crippen LogP contribution in [-0.4, -0.2) is 53.1 Å². The highest BCUT2D eigenvalue weighted by Crippen LogP contribution is 2.35. The van der Waals surface area contributed by atoms with Crippen molar-refractivity contribution in [2.24, 2.45) is 5.92 Å². The molecule has 2 aliphatic rings. The number of amides is 1. The molecule has 4 heterocycles. The van der Waals surface area contributed by atoms with Gasteiger partial charge < -0.3 is 19.6 Å². The number of likely N-dealkylation sites (tertiary alicyclic amines) is 1. The Bertz CT molecular complexity index is 1270. The van der Waals surface area contributed by atoms with Gasteiger partial charge in [-0.15, -0.1) is 0 Å². The van der Waals surface area contributed by atoms with Gasteiger partial charge in [0.2, 0.25) is 5.91 Å². The first-order valence-corrected chi connectivity index (χ1v) is 10.9. The maximum Gasteiger partial charge on any atom is 0.356 e. The first kappa shape index (κ1) is 20.5. The van der Waals surface area contributed by atoms with E-state index in [0.717, 1.165) is 41.7 Å². The lowest BCUT2D eigenvalue weighted by Gasteiger charge is -2.42. The van der Waals surface area contributed by atoms with E-state index in [9.17, 15) is 14.4 Å². The Hall–Kier alpha value is -3.39. The van der Waals surface area contributed by atoms with Crippen molar-refractivity contribution in [3.8, 4) is 0 Å². The zero-order valence-electron chi connectivity index (χ0n) is 18.2. The molecule has 2 bridgehead atoms. The third kappa shape index (κ3) is 3.60. The number of hydrogen-bond donors (Lipinski definition) is 2. The monoisotopic (exact) mass is 434 g/mol. The van der Waals surface area contributed by atoms with E-state index in [1.54, 1.807) is 6.07 Å². The minimum atomic E-state index is -0.524. The fraction of sp³-hybridized carbons (Fsp3) is 0.375. The Labute approximate surface area is 185 Å². The number of aromatic amines is 1. The Balaban J connectivity index is 1.36. The Kier molecular flexibility index (Phi) is 5.09. The van der Waals surface area contributed by atoms with Gasteiger partial charge in [0.05, 0.1) is 19.3 Å². The largest absolute Gasteiger partial charge is 0.464 e. The van der Waals surface area contributed by atoms with Gasteiger partial charge in [0.1, 0.15) is 5.69 Å². The summed E-state index contributed by atoms with van der Waals surface area (Å²) >= 11 is 0. The van der Waals surface area contributed by atoms with Crippen LogP contribution in [0.25, 0.3) is 10.9 Å². The van der Waals surface area contributed by atoms with Crippen molar-refractivity contribution in [1.82, 2.24) is 14.5 Å². The Morgan fingerprint density at radius 2 is 2.03 bits per heavy atom. The van der Waals surface area contributed by atoms with Gasteiger partial charge in [-0.05, 0) is 37.5 Å². The van der Waals surface area contributed by atoms with Crippen LogP contribution in [0.4, 0.5) is 5.69 Å². The molecule has 2 N–H and O–H groups in total. The van der Waals surface area contributed by atoms with Crippen LogP contribution in [0.5, 0.6) is 0 Å². The van der Waals surface area contributed by atoms with E-state index in [1.165, 1.54) is 7.11 Å². The zero-order valence-corrected chi connectivity index (χ0v) is 18.2. The maximum atomic E-state index is 13.0. The number of piperidine rings is 1. The van der Waals surface area contributed by atoms with Gasteiger partial charge in [-0.3, -0.25) is 14.5 Å². The van der Waals surface area contributed by atoms with Gasteiger partial charge in [0.25, 0.3) is 5.56 Å². The average Bonchev–Trinajstić information content (AvgIpc) is 3.11. The lowest BCUT2D eigenvalue weighted by molar-refractivity contribution is -0.117. The number of carbonyl (C=O) groups excluding carboxylic acids is 2. The summed E-state index contributed by atoms with van der Waals surface area (Å²) in [5.74, 6) is -0.118. The standard InChI is InChI=1S/C24H26N4O4/c1-14-6-7-18-17(8-14)22(23(25-18)24(31)32-2)26-20(29)13-27-10-15-9-16(12-27)19-4-3-5-21(30)28(19)11-15/h3-8,15-16,25H,9-13H2,1-2H3,(H,26,29). The molecule has 8 nitrogen and oxygen atoms in total. The molecule has 1 saturated heterocycles. The molecule has 0 radical (unpaired) electrons. The number of benzene rings is 1. The van der Waals surface area contributed by atoms with Crippen molar-refractivity contribution in [1.29, 1.82) is 0 Å². The minimum absolute atomic E-state index is 0.0494. The van der Waals surface area contributed by atoms with Crippen molar-refractivity contribution in [3.05, 3.63) is 63.7 Å². The lowest BCUT2D eigenvalue weighted by Crippen LogP contribution is -2.49. The molecule has 8 heteroatoms. The summed E-state index contributed by atoms with van der Waals surface area (Å²) < 4.78 is 6.78. The number of pyridine rings is 1. The van der Waals surface area contributed by atoms with Crippen molar-refractivity contribution >= 4 is 28.5 Å². The molecule has 0 aliphatic carbocycles. The van der Waals surface area contributed by atoms with Gasteiger partial charge >= 0.3 is 5.97 Å². The van der Waals surface area contributed by atoms with Crippen LogP contribution >= 0.6 is 0 Å². The van der Waals surface area contributed by atoms with Crippen LogP contribution < -0.4 is 10.9 Å². The topological polar surface area (TPSA) is 96.4 Å². The summed E-state index contributed by atoms with van der Waals surface area (Å²) in [5.41, 5.74) is 3.59. The summed E-state index contributed by atoms with van der Waals surface area (Å²) in [7, 11) is 1.32. The van der Waals surface area contributed by atoms with E-state index in [1.807, 2.05) is 41.8 Å². The number of ether oxygens (including phenoxy) is 1. The van der Waals surface area contributed by atoms with E-state index >= 15 is 0 Å². The summed E-state index contributed by atoms with van der Waals surface area (Å²) in [6, 6.07) is 11.2. The van der Waals surface area contributed by atoms with E-state index < -0.39 is 5.97 Å². The molecule has 0 spiro atoms. The van der Waals surface area contributed by atoms with Crippen LogP contribution in [-0.2, 0) is 16.1 Å². The number of methoxy groups -OCH3 is 1. The highest BCUT2D eigenvalue weighted by Gasteiger charge is 2.35. The number of aryl methyl sites for hydroxylation is 1. The molecule has 0 saturated carbocycles. The van der Waals surface area contributed by atoms with Gasteiger partial charge in [-0.1, -0.05) is 17.7 Å². The Morgan fingerprint density at radius 3 is 2.84 bits per heavy atom. The number of nitrogens with zero attached hydrogens (tertiary/aromatic N) is 2. The van der Waals surface area contributed by atoms with Gasteiger partial charge in [0, 0.05) is 48.2 Å². The number of hydrogen-bond acceptors (Lipinski definition) is 5. The fourth-order valence-corrected chi connectivity index (χ4v) is 5.20. The summed E-state index contributed by atoms with van der Waals surface area (Å²) in [4.78, 5) is 42.7. The van der Waals surface area contributed by atoms with E-state index in [-0.39, 0.29) is 29.6 Å². The van der Waals surface area contributed by atoms with E-state index in [4.69, 9.17) is 4.74 Å². The third-order valence-corrected chi connectivity index (χ3v) is 6.53. The molecule has 2 aromatic heterocycles. The molecule has 2 atom stereocenters. The number of rotatable bonds is 4. The Morgan fingerprint density at radius 1 is 1.19 bits per heavy atom. The molecule has 3 aromatic rings. The van der Waals surface area contributed by atoms with Gasteiger partial charge in [-0.25, -0.2) is 4.79 Å². The molecule has 32 heavy (non-hydrogen) atoms. The number of nitrogens with one attached hydrogen (secondary N) is 2. The molecular formula is C24H26N4O4. The second-order valence-corrected chi connectivity index (χ2v) is 8.86. The molecule has 5 rings (SSSR count).